The summed E-state index contributed by atoms with van der Waals surface area (Å²) in [6.07, 6.45) is 5.85. The van der Waals surface area contributed by atoms with Crippen LogP contribution in [0.25, 0.3) is 0 Å². The zero-order valence-corrected chi connectivity index (χ0v) is 12.1. The lowest BCUT2D eigenvalue weighted by atomic mass is 9.81. The van der Waals surface area contributed by atoms with E-state index in [1.807, 2.05) is 13.1 Å². The van der Waals surface area contributed by atoms with Gasteiger partial charge in [-0.25, -0.2) is 4.98 Å². The summed E-state index contributed by atoms with van der Waals surface area (Å²) in [6, 6.07) is 1.83. The number of nitrogens with zero attached hydrogens (tertiary/aromatic N) is 2. The Bertz CT molecular complexity index is 443. The number of carbonyl (C=O) groups is 1. The van der Waals surface area contributed by atoms with Gasteiger partial charge in [0.2, 0.25) is 11.9 Å². The molecule has 1 fully saturated rings. The number of carbonyl (C=O) groups excluding carboxylic acids is 1. The highest BCUT2D eigenvalue weighted by Gasteiger charge is 2.25. The lowest BCUT2D eigenvalue weighted by Gasteiger charge is -2.27. The molecule has 6 heteroatoms. The van der Waals surface area contributed by atoms with Gasteiger partial charge in [0.05, 0.1) is 0 Å². The summed E-state index contributed by atoms with van der Waals surface area (Å²) in [6.45, 7) is 0.869. The van der Waals surface area contributed by atoms with Gasteiger partial charge in [-0.3, -0.25) is 4.79 Å². The van der Waals surface area contributed by atoms with E-state index in [-0.39, 0.29) is 11.8 Å². The molecule has 3 N–H and O–H groups in total. The summed E-state index contributed by atoms with van der Waals surface area (Å²) in [5, 5.41) is 9.02. The molecular formula is C14H23N5O. The third-order valence-corrected chi connectivity index (χ3v) is 3.92. The smallest absolute Gasteiger partial charge is 0.224 e. The lowest BCUT2D eigenvalue weighted by molar-refractivity contribution is -0.125. The molecule has 1 aromatic heterocycles. The van der Waals surface area contributed by atoms with Gasteiger partial charge in [0.15, 0.2) is 0 Å². The van der Waals surface area contributed by atoms with Gasteiger partial charge < -0.3 is 16.0 Å². The zero-order chi connectivity index (χ0) is 14.4. The van der Waals surface area contributed by atoms with Crippen molar-refractivity contribution in [1.29, 1.82) is 0 Å². The van der Waals surface area contributed by atoms with Crippen molar-refractivity contribution in [2.24, 2.45) is 11.8 Å². The monoisotopic (exact) mass is 277 g/mol. The zero-order valence-electron chi connectivity index (χ0n) is 12.1. The Balaban J connectivity index is 1.77. The van der Waals surface area contributed by atoms with Crippen molar-refractivity contribution >= 4 is 17.7 Å². The molecule has 0 saturated heterocycles. The van der Waals surface area contributed by atoms with Crippen LogP contribution in [0.1, 0.15) is 25.7 Å². The van der Waals surface area contributed by atoms with E-state index in [1.54, 1.807) is 13.2 Å². The normalized spacial score (nSPS) is 22.1. The average Bonchev–Trinajstić information content (AvgIpc) is 2.53. The van der Waals surface area contributed by atoms with E-state index in [2.05, 4.69) is 25.9 Å². The fourth-order valence-corrected chi connectivity index (χ4v) is 2.65. The van der Waals surface area contributed by atoms with E-state index < -0.39 is 0 Å². The molecule has 1 aliphatic carbocycles. The van der Waals surface area contributed by atoms with Crippen molar-refractivity contribution in [2.45, 2.75) is 25.7 Å². The largest absolute Gasteiger partial charge is 0.373 e. The maximum absolute atomic E-state index is 11.6. The van der Waals surface area contributed by atoms with Crippen molar-refractivity contribution in [3.63, 3.8) is 0 Å². The number of hydrogen-bond donors (Lipinski definition) is 3. The molecule has 6 nitrogen and oxygen atoms in total. The molecule has 110 valence electrons. The molecule has 0 atom stereocenters. The summed E-state index contributed by atoms with van der Waals surface area (Å²) in [5.74, 6) is 2.44. The molecule has 0 aliphatic heterocycles. The number of aromatic nitrogens is 2. The van der Waals surface area contributed by atoms with Gasteiger partial charge >= 0.3 is 0 Å². The van der Waals surface area contributed by atoms with Crippen molar-refractivity contribution in [3.8, 4) is 0 Å². The van der Waals surface area contributed by atoms with Gasteiger partial charge in [0, 0.05) is 32.8 Å². The minimum absolute atomic E-state index is 0.182. The van der Waals surface area contributed by atoms with Crippen molar-refractivity contribution in [3.05, 3.63) is 12.3 Å². The molecule has 0 aromatic carbocycles. The Kier molecular flexibility index (Phi) is 5.15. The molecule has 1 aromatic rings. The Morgan fingerprint density at radius 1 is 1.30 bits per heavy atom. The Morgan fingerprint density at radius 3 is 2.70 bits per heavy atom. The maximum Gasteiger partial charge on any atom is 0.224 e. The van der Waals surface area contributed by atoms with E-state index in [1.165, 1.54) is 0 Å². The summed E-state index contributed by atoms with van der Waals surface area (Å²) in [7, 11) is 3.55. The van der Waals surface area contributed by atoms with Crippen LogP contribution in [0.2, 0.25) is 0 Å². The minimum Gasteiger partial charge on any atom is -0.373 e. The summed E-state index contributed by atoms with van der Waals surface area (Å²) in [4.78, 5) is 20.1. The van der Waals surface area contributed by atoms with E-state index in [9.17, 15) is 4.79 Å². The predicted molar refractivity (Wildman–Crippen MR) is 79.6 cm³/mol. The van der Waals surface area contributed by atoms with Crippen molar-refractivity contribution < 1.29 is 4.79 Å². The molecule has 0 radical (unpaired) electrons. The van der Waals surface area contributed by atoms with Crippen LogP contribution in [-0.2, 0) is 4.79 Å². The topological polar surface area (TPSA) is 78.9 Å². The van der Waals surface area contributed by atoms with Crippen LogP contribution < -0.4 is 16.0 Å². The first-order valence-electron chi connectivity index (χ1n) is 7.19. The molecule has 1 aliphatic rings. The fourth-order valence-electron chi connectivity index (χ4n) is 2.65. The lowest BCUT2D eigenvalue weighted by Crippen LogP contribution is -2.32. The van der Waals surface area contributed by atoms with Gasteiger partial charge in [0.25, 0.3) is 0 Å². The SMILES string of the molecule is CNC(=O)C1CCC(CNc2nccc(NC)n2)CC1. The highest BCUT2D eigenvalue weighted by molar-refractivity contribution is 5.78. The Labute approximate surface area is 119 Å². The second kappa shape index (κ2) is 7.07. The molecule has 1 saturated carbocycles. The third-order valence-electron chi connectivity index (χ3n) is 3.92. The van der Waals surface area contributed by atoms with E-state index in [4.69, 9.17) is 0 Å². The molecule has 0 spiro atoms. The van der Waals surface area contributed by atoms with Gasteiger partial charge in [-0.1, -0.05) is 0 Å². The van der Waals surface area contributed by atoms with E-state index >= 15 is 0 Å². The molecule has 20 heavy (non-hydrogen) atoms. The molecule has 0 bridgehead atoms. The first-order chi connectivity index (χ1) is 9.72. The van der Waals surface area contributed by atoms with Crippen molar-refractivity contribution in [2.75, 3.05) is 31.3 Å². The minimum atomic E-state index is 0.182. The third kappa shape index (κ3) is 3.82. The Morgan fingerprint density at radius 2 is 2.05 bits per heavy atom. The van der Waals surface area contributed by atoms with Crippen LogP contribution in [0.4, 0.5) is 11.8 Å². The van der Waals surface area contributed by atoms with Crippen LogP contribution >= 0.6 is 0 Å². The quantitative estimate of drug-likeness (QED) is 0.760. The van der Waals surface area contributed by atoms with Crippen LogP contribution in [0.3, 0.4) is 0 Å². The molecule has 2 rings (SSSR count). The number of rotatable bonds is 5. The molecule has 1 amide bonds. The van der Waals surface area contributed by atoms with Gasteiger partial charge in [-0.05, 0) is 37.7 Å². The first-order valence-corrected chi connectivity index (χ1v) is 7.19. The van der Waals surface area contributed by atoms with E-state index in [0.29, 0.717) is 11.9 Å². The number of nitrogens with one attached hydrogen (secondary N) is 3. The van der Waals surface area contributed by atoms with Gasteiger partial charge in [-0.2, -0.15) is 4.98 Å². The number of hydrogen-bond acceptors (Lipinski definition) is 5. The Hall–Kier alpha value is -1.85. The van der Waals surface area contributed by atoms with Gasteiger partial charge in [-0.15, -0.1) is 0 Å². The maximum atomic E-state index is 11.6. The van der Waals surface area contributed by atoms with Crippen LogP contribution in [0.5, 0.6) is 0 Å². The first kappa shape index (κ1) is 14.6. The summed E-state index contributed by atoms with van der Waals surface area (Å²) in [5.41, 5.74) is 0. The summed E-state index contributed by atoms with van der Waals surface area (Å²) >= 11 is 0. The predicted octanol–water partition coefficient (Wildman–Crippen LogP) is 1.48. The summed E-state index contributed by atoms with van der Waals surface area (Å²) < 4.78 is 0. The van der Waals surface area contributed by atoms with E-state index in [0.717, 1.165) is 38.0 Å². The number of amides is 1. The van der Waals surface area contributed by atoms with Crippen LogP contribution in [0.15, 0.2) is 12.3 Å². The molecule has 1 heterocycles. The highest BCUT2D eigenvalue weighted by atomic mass is 16.1. The average molecular weight is 277 g/mol. The second-order valence-corrected chi connectivity index (χ2v) is 5.23. The van der Waals surface area contributed by atoms with Crippen LogP contribution in [0, 0.1) is 11.8 Å². The standard InChI is InChI=1S/C14H23N5O/c1-15-12-7-8-17-14(19-12)18-9-10-3-5-11(6-4-10)13(20)16-2/h7-8,10-11H,3-6,9H2,1-2H3,(H,16,20)(H2,15,17,18,19). The highest BCUT2D eigenvalue weighted by Crippen LogP contribution is 2.28. The second-order valence-electron chi connectivity index (χ2n) is 5.23. The fraction of sp³-hybridized carbons (Fsp3) is 0.643. The van der Waals surface area contributed by atoms with Crippen LogP contribution in [-0.4, -0.2) is 36.5 Å². The molecule has 0 unspecified atom stereocenters. The molecular weight excluding hydrogens is 254 g/mol. The number of anilines is 2. The van der Waals surface area contributed by atoms with Crippen molar-refractivity contribution in [1.82, 2.24) is 15.3 Å². The van der Waals surface area contributed by atoms with Gasteiger partial charge in [0.1, 0.15) is 5.82 Å².